The standard InChI is InChI=1S/C28H27ClF7NO5S/c29-16-18-5-4-8-22(15-18)43(40,41)25(13-14-37(17-25)24(39)42-23(38)19-6-2-1-3-7-19)20-9-11-21(12-10-20)26(30,27(31,32)33)28(34,35)36/h4-5,8-12,15,19H,1-3,6-7,13-14,16-17H2. The summed E-state index contributed by atoms with van der Waals surface area (Å²) in [4.78, 5) is 26.2. The van der Waals surface area contributed by atoms with Crippen molar-refractivity contribution in [1.29, 1.82) is 0 Å². The van der Waals surface area contributed by atoms with E-state index in [1.807, 2.05) is 0 Å². The van der Waals surface area contributed by atoms with Gasteiger partial charge in [0.05, 0.1) is 10.8 Å². The molecular formula is C28H27ClF7NO5S. The van der Waals surface area contributed by atoms with E-state index in [9.17, 15) is 48.7 Å². The van der Waals surface area contributed by atoms with Crippen LogP contribution in [0, 0.1) is 5.92 Å². The third kappa shape index (κ3) is 5.96. The van der Waals surface area contributed by atoms with Gasteiger partial charge in [-0.25, -0.2) is 17.6 Å². The largest absolute Gasteiger partial charge is 0.435 e. The minimum Gasteiger partial charge on any atom is -0.376 e. The van der Waals surface area contributed by atoms with E-state index in [-0.39, 0.29) is 41.4 Å². The molecule has 1 atom stereocenters. The van der Waals surface area contributed by atoms with E-state index in [1.54, 1.807) is 0 Å². The van der Waals surface area contributed by atoms with Crippen LogP contribution in [0.1, 0.15) is 55.2 Å². The third-order valence-electron chi connectivity index (χ3n) is 8.08. The molecule has 1 aliphatic heterocycles. The lowest BCUT2D eigenvalue weighted by Crippen LogP contribution is -2.50. The fraction of sp³-hybridized carbons (Fsp3) is 0.500. The Bertz CT molecular complexity index is 1440. The number of nitrogens with zero attached hydrogens (tertiary/aromatic N) is 1. The number of halogens is 8. The second-order valence-electron chi connectivity index (χ2n) is 10.7. The van der Waals surface area contributed by atoms with Gasteiger partial charge >= 0.3 is 30.1 Å². The highest BCUT2D eigenvalue weighted by atomic mass is 35.5. The Morgan fingerprint density at radius 1 is 0.930 bits per heavy atom. The van der Waals surface area contributed by atoms with Crippen molar-refractivity contribution in [2.45, 2.75) is 72.1 Å². The number of carbonyl (C=O) groups is 2. The van der Waals surface area contributed by atoms with Crippen molar-refractivity contribution in [1.82, 2.24) is 4.90 Å². The second kappa shape index (κ2) is 11.9. The number of likely N-dealkylation sites (tertiary alicyclic amines) is 1. The summed E-state index contributed by atoms with van der Waals surface area (Å²) in [6.07, 6.45) is -10.7. The van der Waals surface area contributed by atoms with Crippen LogP contribution in [0.15, 0.2) is 53.4 Å². The summed E-state index contributed by atoms with van der Waals surface area (Å²) in [7, 11) is -4.54. The van der Waals surface area contributed by atoms with Gasteiger partial charge in [-0.05, 0) is 42.5 Å². The first-order chi connectivity index (χ1) is 20.0. The molecule has 1 aliphatic carbocycles. The normalized spacial score (nSPS) is 20.7. The number of alkyl halides is 8. The molecule has 1 heterocycles. The number of esters is 1. The highest BCUT2D eigenvalue weighted by Gasteiger charge is 2.73. The molecule has 2 aromatic rings. The van der Waals surface area contributed by atoms with Crippen LogP contribution < -0.4 is 0 Å². The van der Waals surface area contributed by atoms with Gasteiger partial charge in [-0.3, -0.25) is 4.79 Å². The fourth-order valence-electron chi connectivity index (χ4n) is 5.63. The molecule has 15 heteroatoms. The van der Waals surface area contributed by atoms with Crippen LogP contribution in [0.25, 0.3) is 0 Å². The number of amides is 1. The number of hydrogen-bond acceptors (Lipinski definition) is 5. The number of rotatable bonds is 6. The molecule has 43 heavy (non-hydrogen) atoms. The van der Waals surface area contributed by atoms with Gasteiger partial charge in [0.2, 0.25) is 0 Å². The average Bonchev–Trinajstić information content (AvgIpc) is 3.44. The van der Waals surface area contributed by atoms with Crippen LogP contribution in [-0.2, 0) is 35.7 Å². The smallest absolute Gasteiger partial charge is 0.376 e. The predicted molar refractivity (Wildman–Crippen MR) is 140 cm³/mol. The summed E-state index contributed by atoms with van der Waals surface area (Å²) in [5, 5.41) is 0. The molecule has 1 saturated carbocycles. The van der Waals surface area contributed by atoms with Gasteiger partial charge < -0.3 is 9.64 Å². The maximum Gasteiger partial charge on any atom is 0.435 e. The zero-order valence-corrected chi connectivity index (χ0v) is 24.1. The van der Waals surface area contributed by atoms with Crippen molar-refractivity contribution in [3.63, 3.8) is 0 Å². The fourth-order valence-corrected chi connectivity index (χ4v) is 7.95. The molecule has 4 rings (SSSR count). The lowest BCUT2D eigenvalue weighted by Gasteiger charge is -2.32. The lowest BCUT2D eigenvalue weighted by molar-refractivity contribution is -0.348. The minimum absolute atomic E-state index is 0.0692. The van der Waals surface area contributed by atoms with Crippen LogP contribution in [-0.4, -0.2) is 50.8 Å². The van der Waals surface area contributed by atoms with E-state index < -0.39 is 62.7 Å². The van der Waals surface area contributed by atoms with E-state index in [0.717, 1.165) is 24.2 Å². The topological polar surface area (TPSA) is 80.8 Å². The Hall–Kier alpha value is -2.87. The van der Waals surface area contributed by atoms with Crippen molar-refractivity contribution in [3.05, 3.63) is 65.2 Å². The summed E-state index contributed by atoms with van der Waals surface area (Å²) in [5.74, 6) is -1.33. The van der Waals surface area contributed by atoms with Crippen molar-refractivity contribution >= 4 is 33.5 Å². The van der Waals surface area contributed by atoms with Crippen LogP contribution in [0.3, 0.4) is 0 Å². The summed E-state index contributed by atoms with van der Waals surface area (Å²) in [5.41, 5.74) is -7.39. The Kier molecular flexibility index (Phi) is 9.14. The van der Waals surface area contributed by atoms with Crippen molar-refractivity contribution in [3.8, 4) is 0 Å². The second-order valence-corrected chi connectivity index (χ2v) is 13.2. The van der Waals surface area contributed by atoms with Gasteiger partial charge in [0.1, 0.15) is 4.75 Å². The van der Waals surface area contributed by atoms with Crippen molar-refractivity contribution in [2.24, 2.45) is 5.92 Å². The number of benzene rings is 2. The molecule has 236 valence electrons. The summed E-state index contributed by atoms with van der Waals surface area (Å²) >= 11 is 5.86. The summed E-state index contributed by atoms with van der Waals surface area (Å²) in [6, 6.07) is 7.24. The minimum atomic E-state index is -6.36. The number of sulfone groups is 1. The monoisotopic (exact) mass is 657 g/mol. The quantitative estimate of drug-likeness (QED) is 0.141. The Balaban J connectivity index is 1.75. The van der Waals surface area contributed by atoms with Crippen LogP contribution in [0.4, 0.5) is 35.5 Å². The molecule has 0 N–H and O–H groups in total. The number of hydrogen-bond donors (Lipinski definition) is 0. The molecule has 2 aliphatic rings. The Labute approximate surface area is 248 Å². The highest BCUT2D eigenvalue weighted by Crippen LogP contribution is 2.54. The summed E-state index contributed by atoms with van der Waals surface area (Å²) in [6.45, 7) is -0.916. The Morgan fingerprint density at radius 2 is 1.53 bits per heavy atom. The molecule has 0 radical (unpaired) electrons. The van der Waals surface area contributed by atoms with Crippen molar-refractivity contribution in [2.75, 3.05) is 13.1 Å². The van der Waals surface area contributed by atoms with Gasteiger partial charge in [-0.2, -0.15) is 26.3 Å². The van der Waals surface area contributed by atoms with Gasteiger partial charge in [0.25, 0.3) is 0 Å². The maximum atomic E-state index is 14.7. The molecule has 1 amide bonds. The lowest BCUT2D eigenvalue weighted by atomic mass is 9.89. The van der Waals surface area contributed by atoms with Crippen LogP contribution in [0.2, 0.25) is 0 Å². The van der Waals surface area contributed by atoms with Gasteiger partial charge in [-0.15, -0.1) is 11.6 Å². The molecule has 0 aromatic heterocycles. The van der Waals surface area contributed by atoms with Gasteiger partial charge in [0, 0.05) is 24.5 Å². The highest BCUT2D eigenvalue weighted by molar-refractivity contribution is 7.92. The molecule has 2 fully saturated rings. The molecule has 6 nitrogen and oxygen atoms in total. The third-order valence-corrected chi connectivity index (χ3v) is 10.9. The first-order valence-corrected chi connectivity index (χ1v) is 15.3. The van der Waals surface area contributed by atoms with E-state index in [1.165, 1.54) is 24.3 Å². The molecule has 0 bridgehead atoms. The van der Waals surface area contributed by atoms with E-state index >= 15 is 0 Å². The number of ether oxygens (including phenoxy) is 1. The van der Waals surface area contributed by atoms with E-state index in [2.05, 4.69) is 0 Å². The predicted octanol–water partition coefficient (Wildman–Crippen LogP) is 7.33. The first-order valence-electron chi connectivity index (χ1n) is 13.3. The summed E-state index contributed by atoms with van der Waals surface area (Å²) < 4.78 is 126. The van der Waals surface area contributed by atoms with E-state index in [0.29, 0.717) is 30.5 Å². The number of carbonyl (C=O) groups excluding carboxylic acids is 2. The molecule has 0 spiro atoms. The van der Waals surface area contributed by atoms with Gasteiger partial charge in [0.15, 0.2) is 9.84 Å². The molecule has 1 unspecified atom stereocenters. The first kappa shape index (κ1) is 33.0. The zero-order chi connectivity index (χ0) is 31.8. The Morgan fingerprint density at radius 3 is 2.09 bits per heavy atom. The molecule has 2 aromatic carbocycles. The zero-order valence-electron chi connectivity index (χ0n) is 22.5. The molecule has 1 saturated heterocycles. The SMILES string of the molecule is O=C(OC(=O)N1CCC(c2ccc(C(F)(C(F)(F)F)C(F)(F)F)cc2)(S(=O)(=O)c2cccc(CCl)c2)C1)C1CCCCC1. The maximum absolute atomic E-state index is 14.7. The van der Waals surface area contributed by atoms with E-state index in [4.69, 9.17) is 16.3 Å². The van der Waals surface area contributed by atoms with Gasteiger partial charge in [-0.1, -0.05) is 55.7 Å². The van der Waals surface area contributed by atoms with Crippen molar-refractivity contribution < 1.29 is 53.5 Å². The van der Waals surface area contributed by atoms with Crippen LogP contribution >= 0.6 is 11.6 Å². The van der Waals surface area contributed by atoms with Crippen LogP contribution in [0.5, 0.6) is 0 Å². The average molecular weight is 658 g/mol. The molecular weight excluding hydrogens is 631 g/mol.